The molecule has 0 aliphatic carbocycles. The summed E-state index contributed by atoms with van der Waals surface area (Å²) in [6.45, 7) is 1.37. The summed E-state index contributed by atoms with van der Waals surface area (Å²) in [5.41, 5.74) is 3.14. The summed E-state index contributed by atoms with van der Waals surface area (Å²) >= 11 is 0. The number of benzene rings is 2. The minimum atomic E-state index is 0.0510. The van der Waals surface area contributed by atoms with Crippen LogP contribution in [0.4, 0.5) is 0 Å². The Morgan fingerprint density at radius 3 is 2.37 bits per heavy atom. The molecular weight excluding hydrogens is 238 g/mol. The third-order valence-corrected chi connectivity index (χ3v) is 3.44. The number of carbonyl (C=O) groups is 1. The van der Waals surface area contributed by atoms with E-state index in [1.54, 1.807) is 13.2 Å². The molecule has 96 valence electrons. The van der Waals surface area contributed by atoms with Crippen molar-refractivity contribution in [1.82, 2.24) is 4.90 Å². The first kappa shape index (κ1) is 11.8. The van der Waals surface area contributed by atoms with E-state index in [4.69, 9.17) is 4.74 Å². The molecule has 0 fully saturated rings. The molecule has 0 unspecified atom stereocenters. The summed E-state index contributed by atoms with van der Waals surface area (Å²) in [7, 11) is 1.61. The largest absolute Gasteiger partial charge is 0.497 e. The van der Waals surface area contributed by atoms with Crippen LogP contribution in [0, 0.1) is 0 Å². The van der Waals surface area contributed by atoms with Crippen molar-refractivity contribution in [3.63, 3.8) is 0 Å². The van der Waals surface area contributed by atoms with Gasteiger partial charge < -0.3 is 9.64 Å². The third kappa shape index (κ3) is 2.19. The van der Waals surface area contributed by atoms with E-state index in [-0.39, 0.29) is 5.91 Å². The lowest BCUT2D eigenvalue weighted by molar-refractivity contribution is 0.0751. The third-order valence-electron chi connectivity index (χ3n) is 3.44. The summed E-state index contributed by atoms with van der Waals surface area (Å²) in [5.74, 6) is 0.762. The molecule has 0 saturated carbocycles. The van der Waals surface area contributed by atoms with E-state index < -0.39 is 0 Å². The fraction of sp³-hybridized carbons (Fsp3) is 0.188. The predicted molar refractivity (Wildman–Crippen MR) is 73.0 cm³/mol. The highest BCUT2D eigenvalue weighted by atomic mass is 16.5. The van der Waals surface area contributed by atoms with Gasteiger partial charge in [0.25, 0.3) is 5.91 Å². The van der Waals surface area contributed by atoms with Crippen molar-refractivity contribution in [3.8, 4) is 5.75 Å². The van der Waals surface area contributed by atoms with E-state index in [9.17, 15) is 4.79 Å². The lowest BCUT2D eigenvalue weighted by Crippen LogP contribution is -2.25. The Morgan fingerprint density at radius 2 is 1.74 bits per heavy atom. The molecule has 1 heterocycles. The molecule has 0 saturated heterocycles. The average molecular weight is 253 g/mol. The van der Waals surface area contributed by atoms with Crippen molar-refractivity contribution in [2.75, 3.05) is 7.11 Å². The Labute approximate surface area is 112 Å². The smallest absolute Gasteiger partial charge is 0.254 e. The Balaban J connectivity index is 1.83. The molecule has 0 aromatic heterocycles. The Kier molecular flexibility index (Phi) is 2.95. The molecule has 1 amide bonds. The lowest BCUT2D eigenvalue weighted by atomic mass is 10.1. The van der Waals surface area contributed by atoms with Crippen LogP contribution in [-0.4, -0.2) is 17.9 Å². The summed E-state index contributed by atoms with van der Waals surface area (Å²) in [6, 6.07) is 15.5. The molecule has 2 aromatic rings. The van der Waals surface area contributed by atoms with Crippen molar-refractivity contribution in [2.45, 2.75) is 13.1 Å². The Bertz CT molecular complexity index is 597. The van der Waals surface area contributed by atoms with Crippen LogP contribution >= 0.6 is 0 Å². The molecule has 3 rings (SSSR count). The van der Waals surface area contributed by atoms with E-state index in [1.807, 2.05) is 35.2 Å². The fourth-order valence-corrected chi connectivity index (χ4v) is 2.42. The SMILES string of the molecule is COc1cccc(C(=O)N2Cc3ccccc3C2)c1. The summed E-state index contributed by atoms with van der Waals surface area (Å²) in [5, 5.41) is 0. The topological polar surface area (TPSA) is 29.5 Å². The first-order valence-corrected chi connectivity index (χ1v) is 6.28. The van der Waals surface area contributed by atoms with Crippen LogP contribution in [0.5, 0.6) is 5.75 Å². The van der Waals surface area contributed by atoms with Crippen LogP contribution in [0.15, 0.2) is 48.5 Å². The number of ether oxygens (including phenoxy) is 1. The monoisotopic (exact) mass is 253 g/mol. The minimum Gasteiger partial charge on any atom is -0.497 e. The lowest BCUT2D eigenvalue weighted by Gasteiger charge is -2.15. The first-order chi connectivity index (χ1) is 9.28. The highest BCUT2D eigenvalue weighted by molar-refractivity contribution is 5.94. The van der Waals surface area contributed by atoms with Gasteiger partial charge in [0.15, 0.2) is 0 Å². The number of nitrogens with zero attached hydrogens (tertiary/aromatic N) is 1. The van der Waals surface area contributed by atoms with Crippen molar-refractivity contribution < 1.29 is 9.53 Å². The quantitative estimate of drug-likeness (QED) is 0.823. The van der Waals surface area contributed by atoms with Gasteiger partial charge in [-0.15, -0.1) is 0 Å². The van der Waals surface area contributed by atoms with E-state index in [2.05, 4.69) is 12.1 Å². The Morgan fingerprint density at radius 1 is 1.05 bits per heavy atom. The van der Waals surface area contributed by atoms with E-state index >= 15 is 0 Å². The van der Waals surface area contributed by atoms with Crippen LogP contribution in [0.1, 0.15) is 21.5 Å². The molecule has 0 atom stereocenters. The molecule has 0 bridgehead atoms. The molecule has 19 heavy (non-hydrogen) atoms. The van der Waals surface area contributed by atoms with Gasteiger partial charge in [-0.25, -0.2) is 0 Å². The van der Waals surface area contributed by atoms with Gasteiger partial charge in [-0.05, 0) is 29.3 Å². The van der Waals surface area contributed by atoms with Crippen molar-refractivity contribution in [3.05, 3.63) is 65.2 Å². The standard InChI is InChI=1S/C16H15NO2/c1-19-15-8-4-7-12(9-15)16(18)17-10-13-5-2-3-6-14(13)11-17/h2-9H,10-11H2,1H3. The molecule has 0 spiro atoms. The van der Waals surface area contributed by atoms with Crippen LogP contribution in [-0.2, 0) is 13.1 Å². The van der Waals surface area contributed by atoms with Gasteiger partial charge in [-0.2, -0.15) is 0 Å². The molecular formula is C16H15NO2. The second kappa shape index (κ2) is 4.76. The molecule has 1 aliphatic heterocycles. The predicted octanol–water partition coefficient (Wildman–Crippen LogP) is 2.85. The summed E-state index contributed by atoms with van der Waals surface area (Å²) < 4.78 is 5.16. The van der Waals surface area contributed by atoms with Gasteiger partial charge in [0.1, 0.15) is 5.75 Å². The number of fused-ring (bicyclic) bond motifs is 1. The van der Waals surface area contributed by atoms with E-state index in [0.717, 1.165) is 0 Å². The van der Waals surface area contributed by atoms with Crippen molar-refractivity contribution >= 4 is 5.91 Å². The van der Waals surface area contributed by atoms with Crippen molar-refractivity contribution in [2.24, 2.45) is 0 Å². The highest BCUT2D eigenvalue weighted by Gasteiger charge is 2.23. The molecule has 2 aromatic carbocycles. The molecule has 3 nitrogen and oxygen atoms in total. The zero-order chi connectivity index (χ0) is 13.2. The summed E-state index contributed by atoms with van der Waals surface area (Å²) in [6.07, 6.45) is 0. The van der Waals surface area contributed by atoms with Crippen LogP contribution in [0.3, 0.4) is 0 Å². The van der Waals surface area contributed by atoms with Gasteiger partial charge in [0.2, 0.25) is 0 Å². The number of hydrogen-bond donors (Lipinski definition) is 0. The van der Waals surface area contributed by atoms with Gasteiger partial charge in [0, 0.05) is 18.7 Å². The maximum atomic E-state index is 12.5. The molecule has 0 N–H and O–H groups in total. The van der Waals surface area contributed by atoms with Gasteiger partial charge in [-0.1, -0.05) is 30.3 Å². The van der Waals surface area contributed by atoms with E-state index in [1.165, 1.54) is 11.1 Å². The van der Waals surface area contributed by atoms with Crippen molar-refractivity contribution in [1.29, 1.82) is 0 Å². The van der Waals surface area contributed by atoms with Gasteiger partial charge in [0.05, 0.1) is 7.11 Å². The average Bonchev–Trinajstić information content (AvgIpc) is 2.90. The number of carbonyl (C=O) groups excluding carboxylic acids is 1. The van der Waals surface area contributed by atoms with Gasteiger partial charge in [-0.3, -0.25) is 4.79 Å². The Hall–Kier alpha value is -2.29. The van der Waals surface area contributed by atoms with Crippen LogP contribution in [0.2, 0.25) is 0 Å². The first-order valence-electron chi connectivity index (χ1n) is 6.28. The summed E-state index contributed by atoms with van der Waals surface area (Å²) in [4.78, 5) is 14.3. The molecule has 0 radical (unpaired) electrons. The maximum absolute atomic E-state index is 12.5. The highest BCUT2D eigenvalue weighted by Crippen LogP contribution is 2.24. The van der Waals surface area contributed by atoms with Crippen LogP contribution in [0.25, 0.3) is 0 Å². The number of hydrogen-bond acceptors (Lipinski definition) is 2. The molecule has 3 heteroatoms. The fourth-order valence-electron chi connectivity index (χ4n) is 2.42. The zero-order valence-corrected chi connectivity index (χ0v) is 10.8. The number of methoxy groups -OCH3 is 1. The minimum absolute atomic E-state index is 0.0510. The normalized spacial score (nSPS) is 13.2. The second-order valence-corrected chi connectivity index (χ2v) is 4.66. The maximum Gasteiger partial charge on any atom is 0.254 e. The van der Waals surface area contributed by atoms with E-state index in [0.29, 0.717) is 24.4 Å². The van der Waals surface area contributed by atoms with Gasteiger partial charge >= 0.3 is 0 Å². The van der Waals surface area contributed by atoms with Crippen LogP contribution < -0.4 is 4.74 Å². The second-order valence-electron chi connectivity index (χ2n) is 4.66. The zero-order valence-electron chi connectivity index (χ0n) is 10.8. The number of rotatable bonds is 2. The molecule has 1 aliphatic rings. The number of amides is 1.